The molecule has 0 aliphatic heterocycles. The minimum atomic E-state index is -5.16. The van der Waals surface area contributed by atoms with E-state index in [1.165, 1.54) is 5.32 Å². The molecule has 0 atom stereocenters. The normalized spacial score (nSPS) is 11.3. The summed E-state index contributed by atoms with van der Waals surface area (Å²) < 4.78 is 61.1. The van der Waals surface area contributed by atoms with E-state index in [2.05, 4.69) is 0 Å². The van der Waals surface area contributed by atoms with Crippen molar-refractivity contribution in [1.82, 2.24) is 0 Å². The minimum absolute atomic E-state index is 0.643. The van der Waals surface area contributed by atoms with Crippen molar-refractivity contribution in [3.63, 3.8) is 0 Å². The lowest BCUT2D eigenvalue weighted by Crippen LogP contribution is -2.30. The average Bonchev–Trinajstić information content (AvgIpc) is 2.17. The number of amides is 1. The lowest BCUT2D eigenvalue weighted by atomic mass is 10.2. The third-order valence-corrected chi connectivity index (χ3v) is 1.63. The van der Waals surface area contributed by atoms with Gasteiger partial charge in [0.05, 0.1) is 5.69 Å². The molecule has 0 aromatic heterocycles. The molecule has 1 rings (SSSR count). The van der Waals surface area contributed by atoms with E-state index in [4.69, 9.17) is 5.73 Å². The van der Waals surface area contributed by atoms with Crippen LogP contribution in [0.5, 0.6) is 0 Å². The van der Waals surface area contributed by atoms with Crippen LogP contribution in [0.15, 0.2) is 12.1 Å². The Bertz CT molecular complexity index is 429. The van der Waals surface area contributed by atoms with Crippen molar-refractivity contribution in [2.24, 2.45) is 0 Å². The molecule has 1 amide bonds. The third-order valence-electron chi connectivity index (χ3n) is 1.63. The van der Waals surface area contributed by atoms with E-state index < -0.39 is 35.1 Å². The van der Waals surface area contributed by atoms with Crippen molar-refractivity contribution in [2.75, 3.05) is 11.1 Å². The Morgan fingerprint density at radius 2 is 1.81 bits per heavy atom. The number of carbonyl (C=O) groups is 1. The second kappa shape index (κ2) is 3.95. The second-order valence-electron chi connectivity index (χ2n) is 2.77. The highest BCUT2D eigenvalue weighted by Gasteiger charge is 2.39. The van der Waals surface area contributed by atoms with Crippen LogP contribution in [0.2, 0.25) is 0 Å². The predicted octanol–water partition coefficient (Wildman–Crippen LogP) is 2.05. The van der Waals surface area contributed by atoms with Crippen LogP contribution < -0.4 is 11.1 Å². The second-order valence-corrected chi connectivity index (χ2v) is 2.77. The highest BCUT2D eigenvalue weighted by molar-refractivity contribution is 5.95. The fourth-order valence-electron chi connectivity index (χ4n) is 0.859. The van der Waals surface area contributed by atoms with Crippen molar-refractivity contribution in [3.8, 4) is 0 Å². The number of nitrogens with two attached hydrogens (primary N) is 1. The Labute approximate surface area is 86.0 Å². The molecular weight excluding hydrogens is 235 g/mol. The van der Waals surface area contributed by atoms with E-state index in [0.717, 1.165) is 0 Å². The van der Waals surface area contributed by atoms with Gasteiger partial charge in [0.1, 0.15) is 11.5 Å². The Kier molecular flexibility index (Phi) is 3.02. The molecule has 0 fully saturated rings. The van der Waals surface area contributed by atoms with E-state index >= 15 is 0 Å². The molecule has 8 heteroatoms. The van der Waals surface area contributed by atoms with E-state index in [0.29, 0.717) is 12.1 Å². The number of halogens is 5. The summed E-state index contributed by atoms with van der Waals surface area (Å²) in [6.45, 7) is 0. The molecule has 0 radical (unpaired) electrons. The third kappa shape index (κ3) is 2.38. The van der Waals surface area contributed by atoms with Gasteiger partial charge < -0.3 is 11.1 Å². The van der Waals surface area contributed by atoms with Crippen LogP contribution in [0.25, 0.3) is 0 Å². The minimum Gasteiger partial charge on any atom is -0.394 e. The lowest BCUT2D eigenvalue weighted by Gasteiger charge is -2.09. The van der Waals surface area contributed by atoms with Gasteiger partial charge >= 0.3 is 12.1 Å². The topological polar surface area (TPSA) is 55.1 Å². The van der Waals surface area contributed by atoms with Crippen LogP contribution >= 0.6 is 0 Å². The molecular formula is C8H5F5N2O. The van der Waals surface area contributed by atoms with Gasteiger partial charge in [-0.25, -0.2) is 8.78 Å². The molecule has 0 heterocycles. The molecule has 88 valence electrons. The summed E-state index contributed by atoms with van der Waals surface area (Å²) in [5.41, 5.74) is 3.09. The maximum absolute atomic E-state index is 13.1. The highest BCUT2D eigenvalue weighted by Crippen LogP contribution is 2.25. The van der Waals surface area contributed by atoms with Gasteiger partial charge in [-0.3, -0.25) is 4.79 Å². The highest BCUT2D eigenvalue weighted by atomic mass is 19.4. The van der Waals surface area contributed by atoms with Crippen LogP contribution in [-0.2, 0) is 4.79 Å². The fourth-order valence-corrected chi connectivity index (χ4v) is 0.859. The molecule has 0 saturated heterocycles. The van der Waals surface area contributed by atoms with Gasteiger partial charge in [-0.2, -0.15) is 13.2 Å². The zero-order chi connectivity index (χ0) is 12.5. The SMILES string of the molecule is Nc1c(F)ccc(NC(=O)C(F)(F)F)c1F. The van der Waals surface area contributed by atoms with Crippen molar-refractivity contribution in [2.45, 2.75) is 6.18 Å². The summed E-state index contributed by atoms with van der Waals surface area (Å²) in [5, 5.41) is 1.23. The monoisotopic (exact) mass is 240 g/mol. The van der Waals surface area contributed by atoms with Crippen LogP contribution in [0.4, 0.5) is 33.3 Å². The zero-order valence-electron chi connectivity index (χ0n) is 7.53. The van der Waals surface area contributed by atoms with Crippen molar-refractivity contribution in [3.05, 3.63) is 23.8 Å². The first-order valence-corrected chi connectivity index (χ1v) is 3.85. The maximum atomic E-state index is 13.1. The zero-order valence-corrected chi connectivity index (χ0v) is 7.53. The fraction of sp³-hybridized carbons (Fsp3) is 0.125. The molecule has 0 aliphatic rings. The summed E-state index contributed by atoms with van der Waals surface area (Å²) in [5.74, 6) is -4.93. The summed E-state index contributed by atoms with van der Waals surface area (Å²) in [7, 11) is 0. The van der Waals surface area contributed by atoms with Gasteiger partial charge in [0.15, 0.2) is 5.82 Å². The Hall–Kier alpha value is -1.86. The van der Waals surface area contributed by atoms with Gasteiger partial charge in [-0.15, -0.1) is 0 Å². The summed E-state index contributed by atoms with van der Waals surface area (Å²) in [4.78, 5) is 10.4. The number of benzene rings is 1. The standard InChI is InChI=1S/C8H5F5N2O/c9-3-1-2-4(5(10)6(3)14)15-7(16)8(11,12)13/h1-2H,14H2,(H,15,16). The number of carbonyl (C=O) groups excluding carboxylic acids is 1. The number of alkyl halides is 3. The van der Waals surface area contributed by atoms with Gasteiger partial charge in [0, 0.05) is 0 Å². The van der Waals surface area contributed by atoms with Crippen molar-refractivity contribution < 1.29 is 26.7 Å². The van der Waals surface area contributed by atoms with E-state index in [1.54, 1.807) is 0 Å². The van der Waals surface area contributed by atoms with Gasteiger partial charge in [-0.05, 0) is 12.1 Å². The number of hydrogen-bond donors (Lipinski definition) is 2. The first kappa shape index (κ1) is 12.2. The van der Waals surface area contributed by atoms with Crippen LogP contribution in [0.1, 0.15) is 0 Å². The van der Waals surface area contributed by atoms with Crippen LogP contribution in [0, 0.1) is 11.6 Å². The quantitative estimate of drug-likeness (QED) is 0.583. The molecule has 0 aliphatic carbocycles. The number of nitrogens with one attached hydrogen (secondary N) is 1. The predicted molar refractivity (Wildman–Crippen MR) is 45.5 cm³/mol. The number of rotatable bonds is 1. The van der Waals surface area contributed by atoms with Crippen molar-refractivity contribution in [1.29, 1.82) is 0 Å². The molecule has 3 N–H and O–H groups in total. The van der Waals surface area contributed by atoms with Gasteiger partial charge in [0.25, 0.3) is 0 Å². The molecule has 0 saturated carbocycles. The van der Waals surface area contributed by atoms with E-state index in [-0.39, 0.29) is 0 Å². The molecule has 1 aromatic rings. The van der Waals surface area contributed by atoms with Crippen molar-refractivity contribution >= 4 is 17.3 Å². The molecule has 1 aromatic carbocycles. The Morgan fingerprint density at radius 1 is 1.25 bits per heavy atom. The number of anilines is 2. The Morgan fingerprint density at radius 3 is 2.31 bits per heavy atom. The average molecular weight is 240 g/mol. The molecule has 16 heavy (non-hydrogen) atoms. The largest absolute Gasteiger partial charge is 0.471 e. The molecule has 0 unspecified atom stereocenters. The van der Waals surface area contributed by atoms with E-state index in [1.807, 2.05) is 0 Å². The van der Waals surface area contributed by atoms with E-state index in [9.17, 15) is 26.7 Å². The smallest absolute Gasteiger partial charge is 0.394 e. The summed E-state index contributed by atoms with van der Waals surface area (Å²) in [6.07, 6.45) is -5.16. The number of hydrogen-bond acceptors (Lipinski definition) is 2. The molecule has 3 nitrogen and oxygen atoms in total. The first-order valence-electron chi connectivity index (χ1n) is 3.85. The summed E-state index contributed by atoms with van der Waals surface area (Å²) >= 11 is 0. The molecule has 0 bridgehead atoms. The molecule has 0 spiro atoms. The summed E-state index contributed by atoms with van der Waals surface area (Å²) in [6, 6.07) is 1.29. The first-order chi connectivity index (χ1) is 7.23. The van der Waals surface area contributed by atoms with Crippen LogP contribution in [-0.4, -0.2) is 12.1 Å². The Balaban J connectivity index is 3.00. The van der Waals surface area contributed by atoms with Gasteiger partial charge in [-0.1, -0.05) is 0 Å². The van der Waals surface area contributed by atoms with Gasteiger partial charge in [0.2, 0.25) is 0 Å². The maximum Gasteiger partial charge on any atom is 0.471 e. The van der Waals surface area contributed by atoms with Crippen LogP contribution in [0.3, 0.4) is 0 Å². The lowest BCUT2D eigenvalue weighted by molar-refractivity contribution is -0.167. The number of nitrogen functional groups attached to an aromatic ring is 1.